The van der Waals surface area contributed by atoms with Crippen LogP contribution in [0.25, 0.3) is 0 Å². The summed E-state index contributed by atoms with van der Waals surface area (Å²) in [6.45, 7) is 9.10. The van der Waals surface area contributed by atoms with E-state index in [1.165, 1.54) is 9.80 Å². The monoisotopic (exact) mass is 741 g/mol. The summed E-state index contributed by atoms with van der Waals surface area (Å²) in [7, 11) is 0. The molecule has 0 saturated carbocycles. The van der Waals surface area contributed by atoms with Crippen molar-refractivity contribution in [3.63, 3.8) is 0 Å². The molecule has 0 aliphatic carbocycles. The smallest absolute Gasteiger partial charge is 0.313 e. The molecule has 3 aliphatic rings. The fourth-order valence-corrected chi connectivity index (χ4v) is 8.35. The lowest BCUT2D eigenvalue weighted by molar-refractivity contribution is -0.160. The van der Waals surface area contributed by atoms with Gasteiger partial charge < -0.3 is 29.7 Å². The number of hydrogen-bond acceptors (Lipinski definition) is 7. The number of anilines is 1. The van der Waals surface area contributed by atoms with Gasteiger partial charge in [0.1, 0.15) is 17.7 Å². The maximum absolute atomic E-state index is 14.7. The number of fused-ring (bicyclic) bond motifs is 1. The van der Waals surface area contributed by atoms with Gasteiger partial charge in [0.2, 0.25) is 11.8 Å². The SMILES string of the molecule is C=CCCC(=O)NC[C@H](OC(=O)[C@@H]1[C@H]2O[C@@]3(CC2Br)[C@H](C(=O)N(CC=C)c2ccc(Cl)cc2)N([C@@H](CC)CO)C(=O)[C@@H]13)c1ccccc1. The summed E-state index contributed by atoms with van der Waals surface area (Å²) in [5.41, 5.74) is -0.147. The number of esters is 1. The van der Waals surface area contributed by atoms with Gasteiger partial charge >= 0.3 is 5.97 Å². The molecule has 256 valence electrons. The lowest BCUT2D eigenvalue weighted by Crippen LogP contribution is -2.59. The molecular weight excluding hydrogens is 702 g/mol. The lowest BCUT2D eigenvalue weighted by atomic mass is 9.70. The molecule has 2 N–H and O–H groups in total. The van der Waals surface area contributed by atoms with Crippen molar-refractivity contribution >= 4 is 56.9 Å². The summed E-state index contributed by atoms with van der Waals surface area (Å²) >= 11 is 9.84. The van der Waals surface area contributed by atoms with Crippen LogP contribution in [0.2, 0.25) is 5.02 Å². The number of hydrogen-bond donors (Lipinski definition) is 2. The highest BCUT2D eigenvalue weighted by atomic mass is 79.9. The maximum Gasteiger partial charge on any atom is 0.313 e. The minimum Gasteiger partial charge on any atom is -0.455 e. The number of alkyl halides is 1. The molecule has 0 aromatic heterocycles. The molecule has 12 heteroatoms. The predicted octanol–water partition coefficient (Wildman–Crippen LogP) is 4.74. The van der Waals surface area contributed by atoms with Crippen LogP contribution in [-0.4, -0.2) is 82.0 Å². The molecule has 1 unspecified atom stereocenters. The van der Waals surface area contributed by atoms with E-state index in [1.54, 1.807) is 48.6 Å². The second-order valence-corrected chi connectivity index (χ2v) is 13.9. The van der Waals surface area contributed by atoms with Gasteiger partial charge in [-0.05, 0) is 49.1 Å². The maximum atomic E-state index is 14.7. The number of rotatable bonds is 15. The van der Waals surface area contributed by atoms with Crippen LogP contribution in [0.1, 0.15) is 44.3 Å². The van der Waals surface area contributed by atoms with Crippen molar-refractivity contribution in [1.29, 1.82) is 0 Å². The molecule has 3 heterocycles. The summed E-state index contributed by atoms with van der Waals surface area (Å²) < 4.78 is 12.8. The van der Waals surface area contributed by atoms with E-state index in [0.29, 0.717) is 29.1 Å². The minimum absolute atomic E-state index is 0.0265. The Hall–Kier alpha value is -3.51. The van der Waals surface area contributed by atoms with E-state index < -0.39 is 59.5 Å². The van der Waals surface area contributed by atoms with Gasteiger partial charge in [-0.2, -0.15) is 0 Å². The molecule has 0 radical (unpaired) electrons. The van der Waals surface area contributed by atoms with E-state index >= 15 is 0 Å². The van der Waals surface area contributed by atoms with E-state index in [0.717, 1.165) is 0 Å². The zero-order valence-electron chi connectivity index (χ0n) is 26.8. The van der Waals surface area contributed by atoms with Gasteiger partial charge in [-0.15, -0.1) is 13.2 Å². The van der Waals surface area contributed by atoms with Crippen LogP contribution in [0.4, 0.5) is 5.69 Å². The Morgan fingerprint density at radius 1 is 1.19 bits per heavy atom. The Morgan fingerprint density at radius 2 is 1.90 bits per heavy atom. The Morgan fingerprint density at radius 3 is 2.52 bits per heavy atom. The fourth-order valence-electron chi connectivity index (χ4n) is 7.29. The average Bonchev–Trinajstić information content (AvgIpc) is 3.69. The van der Waals surface area contributed by atoms with E-state index in [-0.39, 0.29) is 43.3 Å². The number of aliphatic hydroxyl groups excluding tert-OH is 1. The number of halogens is 2. The van der Waals surface area contributed by atoms with Crippen LogP contribution in [0.5, 0.6) is 0 Å². The van der Waals surface area contributed by atoms with Gasteiger partial charge in [0.05, 0.1) is 37.1 Å². The Bertz CT molecular complexity index is 1520. The quantitative estimate of drug-likeness (QED) is 0.154. The third kappa shape index (κ3) is 6.70. The number of aliphatic hydroxyl groups is 1. The Kier molecular flexibility index (Phi) is 11.5. The van der Waals surface area contributed by atoms with Crippen molar-refractivity contribution in [2.45, 2.75) is 67.3 Å². The van der Waals surface area contributed by atoms with Crippen molar-refractivity contribution in [1.82, 2.24) is 10.2 Å². The van der Waals surface area contributed by atoms with Crippen LogP contribution in [-0.2, 0) is 28.7 Å². The van der Waals surface area contributed by atoms with E-state index in [1.807, 2.05) is 25.1 Å². The molecule has 1 spiro atoms. The average molecular weight is 743 g/mol. The Balaban J connectivity index is 1.50. The first-order valence-electron chi connectivity index (χ1n) is 16.2. The number of carbonyl (C=O) groups is 4. The standard InChI is InChI=1S/C36H41BrClN3O7/c1-4-7-13-28(43)39-20-27(22-11-9-8-10-12-22)47-35(46)29-30-33(44)41(24(6-3)21-42)32(36(30)19-26(37)31(29)48-36)34(45)40(18-5-2)25-16-14-23(38)15-17-25/h4-5,8-12,14-17,24,26-27,29-32,42H,1-2,6-7,13,18-21H2,3H3,(H,39,43)/t24-,26?,27-,29-,30+,31-,32-,36+/m0/s1. The molecule has 3 fully saturated rings. The summed E-state index contributed by atoms with van der Waals surface area (Å²) in [5.74, 6) is -3.81. The second kappa shape index (κ2) is 15.4. The number of nitrogens with zero attached hydrogens (tertiary/aromatic N) is 2. The number of likely N-dealkylation sites (tertiary alicyclic amines) is 1. The fraction of sp³-hybridized carbons (Fsp3) is 0.444. The molecule has 8 atom stereocenters. The van der Waals surface area contributed by atoms with E-state index in [4.69, 9.17) is 21.1 Å². The van der Waals surface area contributed by atoms with Crippen molar-refractivity contribution in [3.05, 3.63) is 90.5 Å². The summed E-state index contributed by atoms with van der Waals surface area (Å²) in [5, 5.41) is 13.8. The molecule has 3 saturated heterocycles. The highest BCUT2D eigenvalue weighted by Gasteiger charge is 2.77. The van der Waals surface area contributed by atoms with Crippen LogP contribution in [0.3, 0.4) is 0 Å². The molecular formula is C36H41BrClN3O7. The molecule has 3 aliphatic heterocycles. The molecule has 48 heavy (non-hydrogen) atoms. The lowest BCUT2D eigenvalue weighted by Gasteiger charge is -2.39. The van der Waals surface area contributed by atoms with Gasteiger partial charge in [0.25, 0.3) is 5.91 Å². The van der Waals surface area contributed by atoms with Crippen molar-refractivity contribution in [3.8, 4) is 0 Å². The van der Waals surface area contributed by atoms with Gasteiger partial charge in [-0.25, -0.2) is 0 Å². The van der Waals surface area contributed by atoms with Gasteiger partial charge in [-0.1, -0.05) is 76.9 Å². The van der Waals surface area contributed by atoms with Crippen LogP contribution < -0.4 is 10.2 Å². The van der Waals surface area contributed by atoms with Crippen molar-refractivity contribution in [2.24, 2.45) is 11.8 Å². The zero-order chi connectivity index (χ0) is 34.6. The van der Waals surface area contributed by atoms with Gasteiger partial charge in [0.15, 0.2) is 0 Å². The predicted molar refractivity (Wildman–Crippen MR) is 185 cm³/mol. The zero-order valence-corrected chi connectivity index (χ0v) is 29.1. The molecule has 2 bridgehead atoms. The van der Waals surface area contributed by atoms with E-state index in [2.05, 4.69) is 34.4 Å². The van der Waals surface area contributed by atoms with E-state index in [9.17, 15) is 24.3 Å². The van der Waals surface area contributed by atoms with Crippen LogP contribution in [0, 0.1) is 11.8 Å². The minimum atomic E-state index is -1.37. The number of carbonyl (C=O) groups excluding carboxylic acids is 4. The molecule has 3 amide bonds. The third-order valence-corrected chi connectivity index (χ3v) is 10.6. The summed E-state index contributed by atoms with van der Waals surface area (Å²) in [6.07, 6.45) is 3.07. The normalized spacial score (nSPS) is 26.8. The topological polar surface area (TPSA) is 125 Å². The van der Waals surface area contributed by atoms with Crippen molar-refractivity contribution < 1.29 is 33.8 Å². The number of benzene rings is 2. The summed E-state index contributed by atoms with van der Waals surface area (Å²) in [6, 6.07) is 14.0. The highest BCUT2D eigenvalue weighted by Crippen LogP contribution is 2.61. The molecule has 10 nitrogen and oxygen atoms in total. The number of nitrogens with one attached hydrogen (secondary N) is 1. The number of amides is 3. The first-order chi connectivity index (χ1) is 23.1. The third-order valence-electron chi connectivity index (χ3n) is 9.51. The Labute approximate surface area is 294 Å². The molecule has 2 aromatic carbocycles. The number of ether oxygens (including phenoxy) is 2. The first-order valence-corrected chi connectivity index (χ1v) is 17.5. The van der Waals surface area contributed by atoms with Gasteiger partial charge in [-0.3, -0.25) is 19.2 Å². The highest BCUT2D eigenvalue weighted by molar-refractivity contribution is 9.09. The largest absolute Gasteiger partial charge is 0.455 e. The van der Waals surface area contributed by atoms with Gasteiger partial charge in [0, 0.05) is 28.5 Å². The number of allylic oxidation sites excluding steroid dienone is 1. The molecule has 2 aromatic rings. The first kappa shape index (κ1) is 35.8. The molecule has 5 rings (SSSR count). The van der Waals surface area contributed by atoms with Crippen molar-refractivity contribution in [2.75, 3.05) is 24.6 Å². The second-order valence-electron chi connectivity index (χ2n) is 12.3. The summed E-state index contributed by atoms with van der Waals surface area (Å²) in [4.78, 5) is 58.5. The van der Waals surface area contributed by atoms with Crippen LogP contribution in [0.15, 0.2) is 79.9 Å². The van der Waals surface area contributed by atoms with Crippen LogP contribution >= 0.6 is 27.5 Å².